The zero-order valence-corrected chi connectivity index (χ0v) is 6.93. The van der Waals surface area contributed by atoms with E-state index in [2.05, 4.69) is 10.1 Å². The highest BCUT2D eigenvalue weighted by atomic mass is 16.3. The summed E-state index contributed by atoms with van der Waals surface area (Å²) in [6.45, 7) is 1.22. The summed E-state index contributed by atoms with van der Waals surface area (Å²) >= 11 is 0. The lowest BCUT2D eigenvalue weighted by Gasteiger charge is -2.07. The zero-order valence-electron chi connectivity index (χ0n) is 6.93. The van der Waals surface area contributed by atoms with E-state index < -0.39 is 0 Å². The summed E-state index contributed by atoms with van der Waals surface area (Å²) in [4.78, 5) is 3.79. The van der Waals surface area contributed by atoms with Crippen LogP contribution in [0.5, 0.6) is 0 Å². The van der Waals surface area contributed by atoms with Gasteiger partial charge in [-0.1, -0.05) is 0 Å². The van der Waals surface area contributed by atoms with Crippen molar-refractivity contribution in [2.45, 2.75) is 25.5 Å². The van der Waals surface area contributed by atoms with Crippen LogP contribution in [-0.4, -0.2) is 32.5 Å². The second-order valence-corrected chi connectivity index (χ2v) is 2.68. The molecule has 0 bridgehead atoms. The van der Waals surface area contributed by atoms with E-state index in [1.807, 2.05) is 0 Å². The SMILES string of the molecule is NCC[C@H](O)CCn1cncn1. The Bertz CT molecular complexity index is 199. The second-order valence-electron chi connectivity index (χ2n) is 2.68. The van der Waals surface area contributed by atoms with E-state index in [0.29, 0.717) is 25.9 Å². The van der Waals surface area contributed by atoms with Crippen LogP contribution in [0.1, 0.15) is 12.8 Å². The molecule has 0 radical (unpaired) electrons. The van der Waals surface area contributed by atoms with Gasteiger partial charge in [0.15, 0.2) is 0 Å². The van der Waals surface area contributed by atoms with Crippen LogP contribution >= 0.6 is 0 Å². The number of nitrogens with zero attached hydrogens (tertiary/aromatic N) is 3. The molecule has 1 aromatic rings. The minimum absolute atomic E-state index is 0.320. The number of nitrogens with two attached hydrogens (primary N) is 1. The minimum Gasteiger partial charge on any atom is -0.393 e. The normalized spacial score (nSPS) is 13.2. The molecule has 1 aromatic heterocycles. The number of aliphatic hydroxyl groups excluding tert-OH is 1. The van der Waals surface area contributed by atoms with Crippen molar-refractivity contribution in [3.8, 4) is 0 Å². The van der Waals surface area contributed by atoms with Crippen LogP contribution in [0.15, 0.2) is 12.7 Å². The minimum atomic E-state index is -0.320. The maximum absolute atomic E-state index is 9.31. The van der Waals surface area contributed by atoms with E-state index in [4.69, 9.17) is 5.73 Å². The van der Waals surface area contributed by atoms with E-state index in [0.717, 1.165) is 0 Å². The first-order valence-corrected chi connectivity index (χ1v) is 4.03. The molecule has 1 atom stereocenters. The maximum atomic E-state index is 9.31. The predicted molar refractivity (Wildman–Crippen MR) is 44.3 cm³/mol. The van der Waals surface area contributed by atoms with E-state index in [1.54, 1.807) is 11.0 Å². The maximum Gasteiger partial charge on any atom is 0.137 e. The molecule has 0 saturated carbocycles. The van der Waals surface area contributed by atoms with Gasteiger partial charge in [-0.2, -0.15) is 5.10 Å². The van der Waals surface area contributed by atoms with Crippen molar-refractivity contribution in [3.63, 3.8) is 0 Å². The predicted octanol–water partition coefficient (Wildman–Crippen LogP) is -0.622. The third-order valence-electron chi connectivity index (χ3n) is 1.66. The first-order valence-electron chi connectivity index (χ1n) is 4.03. The van der Waals surface area contributed by atoms with Crippen LogP contribution in [0, 0.1) is 0 Å². The Kier molecular flexibility index (Phi) is 3.69. The Morgan fingerprint density at radius 2 is 2.33 bits per heavy atom. The average Bonchev–Trinajstić information content (AvgIpc) is 2.53. The number of aryl methyl sites for hydroxylation is 1. The summed E-state index contributed by atoms with van der Waals surface area (Å²) in [5, 5.41) is 13.2. The molecule has 12 heavy (non-hydrogen) atoms. The Morgan fingerprint density at radius 3 is 2.92 bits per heavy atom. The first-order chi connectivity index (χ1) is 5.83. The van der Waals surface area contributed by atoms with Gasteiger partial charge in [0.05, 0.1) is 6.10 Å². The largest absolute Gasteiger partial charge is 0.393 e. The number of aliphatic hydroxyl groups is 1. The lowest BCUT2D eigenvalue weighted by molar-refractivity contribution is 0.150. The third kappa shape index (κ3) is 2.98. The molecule has 1 heterocycles. The van der Waals surface area contributed by atoms with Crippen LogP contribution in [0.2, 0.25) is 0 Å². The van der Waals surface area contributed by atoms with Crippen molar-refractivity contribution in [2.24, 2.45) is 5.73 Å². The molecule has 0 fully saturated rings. The highest BCUT2D eigenvalue weighted by molar-refractivity contribution is 4.60. The van der Waals surface area contributed by atoms with Gasteiger partial charge in [-0.15, -0.1) is 0 Å². The van der Waals surface area contributed by atoms with Gasteiger partial charge < -0.3 is 10.8 Å². The number of hydrogen-bond acceptors (Lipinski definition) is 4. The van der Waals surface area contributed by atoms with Gasteiger partial charge in [0, 0.05) is 6.54 Å². The molecule has 0 aliphatic carbocycles. The molecular weight excluding hydrogens is 156 g/mol. The molecule has 0 aromatic carbocycles. The summed E-state index contributed by atoms with van der Waals surface area (Å²) in [5.74, 6) is 0. The van der Waals surface area contributed by atoms with Gasteiger partial charge in [-0.25, -0.2) is 4.98 Å². The fraction of sp³-hybridized carbons (Fsp3) is 0.714. The first kappa shape index (κ1) is 9.15. The van der Waals surface area contributed by atoms with Gasteiger partial charge in [0.1, 0.15) is 12.7 Å². The van der Waals surface area contributed by atoms with Crippen molar-refractivity contribution in [2.75, 3.05) is 6.54 Å². The summed E-state index contributed by atoms with van der Waals surface area (Å²) in [7, 11) is 0. The van der Waals surface area contributed by atoms with Crippen LogP contribution in [0.25, 0.3) is 0 Å². The monoisotopic (exact) mass is 170 g/mol. The van der Waals surface area contributed by atoms with E-state index in [-0.39, 0.29) is 6.10 Å². The third-order valence-corrected chi connectivity index (χ3v) is 1.66. The van der Waals surface area contributed by atoms with E-state index in [9.17, 15) is 5.11 Å². The van der Waals surface area contributed by atoms with Crippen molar-refractivity contribution < 1.29 is 5.11 Å². The van der Waals surface area contributed by atoms with Crippen LogP contribution in [0.4, 0.5) is 0 Å². The Balaban J connectivity index is 2.17. The second kappa shape index (κ2) is 4.84. The van der Waals surface area contributed by atoms with Gasteiger partial charge in [0.25, 0.3) is 0 Å². The molecule has 5 nitrogen and oxygen atoms in total. The fourth-order valence-electron chi connectivity index (χ4n) is 0.966. The summed E-state index contributed by atoms with van der Waals surface area (Å²) in [6, 6.07) is 0. The smallest absolute Gasteiger partial charge is 0.137 e. The van der Waals surface area contributed by atoms with E-state index >= 15 is 0 Å². The van der Waals surface area contributed by atoms with Crippen molar-refractivity contribution in [1.29, 1.82) is 0 Å². The molecule has 0 amide bonds. The van der Waals surface area contributed by atoms with Crippen molar-refractivity contribution in [3.05, 3.63) is 12.7 Å². The lowest BCUT2D eigenvalue weighted by atomic mass is 10.2. The van der Waals surface area contributed by atoms with Crippen LogP contribution in [-0.2, 0) is 6.54 Å². The van der Waals surface area contributed by atoms with Crippen molar-refractivity contribution in [1.82, 2.24) is 14.8 Å². The van der Waals surface area contributed by atoms with Gasteiger partial charge in [-0.3, -0.25) is 4.68 Å². The molecule has 5 heteroatoms. The number of rotatable bonds is 5. The quantitative estimate of drug-likeness (QED) is 0.617. The van der Waals surface area contributed by atoms with Crippen LogP contribution < -0.4 is 5.73 Å². The molecule has 0 saturated heterocycles. The molecule has 3 N–H and O–H groups in total. The fourth-order valence-corrected chi connectivity index (χ4v) is 0.966. The molecule has 0 spiro atoms. The Hall–Kier alpha value is -0.940. The molecule has 68 valence electrons. The van der Waals surface area contributed by atoms with Crippen molar-refractivity contribution >= 4 is 0 Å². The molecule has 1 rings (SSSR count). The molecule has 0 unspecified atom stereocenters. The summed E-state index contributed by atoms with van der Waals surface area (Å²) < 4.78 is 1.69. The summed E-state index contributed by atoms with van der Waals surface area (Å²) in [5.41, 5.74) is 5.28. The topological polar surface area (TPSA) is 77.0 Å². The Labute approximate surface area is 71.2 Å². The average molecular weight is 170 g/mol. The van der Waals surface area contributed by atoms with E-state index in [1.165, 1.54) is 6.33 Å². The standard InChI is InChI=1S/C7H14N4O/c8-3-1-7(12)2-4-11-6-9-5-10-11/h5-7,12H,1-4,8H2/t7-/m0/s1. The van der Waals surface area contributed by atoms with Gasteiger partial charge in [-0.05, 0) is 19.4 Å². The molecule has 0 aliphatic rings. The highest BCUT2D eigenvalue weighted by Gasteiger charge is 2.02. The molecule has 0 aliphatic heterocycles. The number of aromatic nitrogens is 3. The zero-order chi connectivity index (χ0) is 8.81. The highest BCUT2D eigenvalue weighted by Crippen LogP contribution is 1.97. The molecular formula is C7H14N4O. The number of hydrogen-bond donors (Lipinski definition) is 2. The van der Waals surface area contributed by atoms with Gasteiger partial charge >= 0.3 is 0 Å². The lowest BCUT2D eigenvalue weighted by Crippen LogP contribution is -2.15. The van der Waals surface area contributed by atoms with Gasteiger partial charge in [0.2, 0.25) is 0 Å². The Morgan fingerprint density at radius 1 is 1.50 bits per heavy atom. The van der Waals surface area contributed by atoms with Crippen LogP contribution in [0.3, 0.4) is 0 Å². The summed E-state index contributed by atoms with van der Waals surface area (Å²) in [6.07, 6.45) is 4.12.